The number of aliphatic hydroxyl groups is 1. The van der Waals surface area contributed by atoms with Crippen LogP contribution in [0, 0.1) is 5.82 Å². The highest BCUT2D eigenvalue weighted by Crippen LogP contribution is 2.46. The Morgan fingerprint density at radius 3 is 2.37 bits per heavy atom. The number of alkyl halides is 4. The number of nitrogens with two attached hydrogens (primary N) is 1. The standard InChI is InChI=1S/C18H17F5N2O2/c19-6-17(7-20)9-27-15-12(17)5-13(18(26,8-24)16(22)23)25-14(15)10-1-3-11(21)4-2-10/h1-5,16,26H,6-9,24H2. The first-order chi connectivity index (χ1) is 12.8. The molecule has 1 unspecified atom stereocenters. The normalized spacial score (nSPS) is 17.5. The van der Waals surface area contributed by atoms with Crippen molar-refractivity contribution in [2.24, 2.45) is 5.73 Å². The fourth-order valence-corrected chi connectivity index (χ4v) is 2.95. The topological polar surface area (TPSA) is 68.4 Å². The van der Waals surface area contributed by atoms with Crippen LogP contribution >= 0.6 is 0 Å². The number of fused-ring (bicyclic) bond motifs is 1. The predicted octanol–water partition coefficient (Wildman–Crippen LogP) is 2.87. The molecule has 2 heterocycles. The number of nitrogens with zero attached hydrogens (tertiary/aromatic N) is 1. The first-order valence-electron chi connectivity index (χ1n) is 8.08. The van der Waals surface area contributed by atoms with Gasteiger partial charge in [0.15, 0.2) is 5.60 Å². The minimum Gasteiger partial charge on any atom is -0.490 e. The second-order valence-electron chi connectivity index (χ2n) is 6.51. The zero-order valence-electron chi connectivity index (χ0n) is 14.1. The van der Waals surface area contributed by atoms with Crippen molar-refractivity contribution in [3.63, 3.8) is 0 Å². The first-order valence-corrected chi connectivity index (χ1v) is 8.08. The molecule has 1 aromatic heterocycles. The molecule has 0 aliphatic carbocycles. The molecule has 1 atom stereocenters. The molecule has 0 radical (unpaired) electrons. The van der Waals surface area contributed by atoms with Crippen LogP contribution in [-0.4, -0.2) is 43.0 Å². The predicted molar refractivity (Wildman–Crippen MR) is 87.7 cm³/mol. The van der Waals surface area contributed by atoms with E-state index in [0.29, 0.717) is 0 Å². The third kappa shape index (κ3) is 3.04. The van der Waals surface area contributed by atoms with Crippen molar-refractivity contribution in [2.75, 3.05) is 26.5 Å². The summed E-state index contributed by atoms with van der Waals surface area (Å²) in [5.41, 5.74) is 0.507. The Hall–Kier alpha value is -2.26. The molecule has 0 amide bonds. The largest absolute Gasteiger partial charge is 0.490 e. The molecule has 0 saturated carbocycles. The summed E-state index contributed by atoms with van der Waals surface area (Å²) in [5, 5.41) is 10.3. The summed E-state index contributed by atoms with van der Waals surface area (Å²) in [6.07, 6.45) is -3.29. The fourth-order valence-electron chi connectivity index (χ4n) is 2.95. The van der Waals surface area contributed by atoms with Gasteiger partial charge in [0.2, 0.25) is 0 Å². The van der Waals surface area contributed by atoms with E-state index < -0.39 is 48.8 Å². The molecule has 9 heteroatoms. The van der Waals surface area contributed by atoms with Crippen LogP contribution < -0.4 is 10.5 Å². The van der Waals surface area contributed by atoms with Gasteiger partial charge in [-0.3, -0.25) is 0 Å². The van der Waals surface area contributed by atoms with Crippen LogP contribution in [0.25, 0.3) is 11.3 Å². The maximum Gasteiger partial charge on any atom is 0.273 e. The molecule has 4 nitrogen and oxygen atoms in total. The van der Waals surface area contributed by atoms with E-state index in [0.717, 1.165) is 18.2 Å². The maximum atomic E-state index is 13.7. The molecule has 1 aliphatic heterocycles. The van der Waals surface area contributed by atoms with Gasteiger partial charge in [-0.05, 0) is 30.3 Å². The summed E-state index contributed by atoms with van der Waals surface area (Å²) >= 11 is 0. The van der Waals surface area contributed by atoms with Crippen LogP contribution in [0.1, 0.15) is 11.3 Å². The third-order valence-electron chi connectivity index (χ3n) is 4.78. The van der Waals surface area contributed by atoms with Crippen molar-refractivity contribution in [3.05, 3.63) is 47.4 Å². The smallest absolute Gasteiger partial charge is 0.273 e. The lowest BCUT2D eigenvalue weighted by molar-refractivity contribution is -0.0975. The molecule has 0 bridgehead atoms. The highest BCUT2D eigenvalue weighted by atomic mass is 19.3. The average molecular weight is 388 g/mol. The Balaban J connectivity index is 2.29. The first kappa shape index (κ1) is 19.5. The van der Waals surface area contributed by atoms with Gasteiger partial charge in [-0.15, -0.1) is 0 Å². The van der Waals surface area contributed by atoms with Gasteiger partial charge in [0.25, 0.3) is 6.43 Å². The van der Waals surface area contributed by atoms with Gasteiger partial charge >= 0.3 is 0 Å². The van der Waals surface area contributed by atoms with E-state index in [2.05, 4.69) is 4.98 Å². The highest BCUT2D eigenvalue weighted by Gasteiger charge is 2.47. The molecule has 3 rings (SSSR count). The van der Waals surface area contributed by atoms with Gasteiger partial charge in [-0.1, -0.05) is 0 Å². The number of aromatic nitrogens is 1. The van der Waals surface area contributed by atoms with Crippen molar-refractivity contribution < 1.29 is 31.8 Å². The molecule has 0 saturated heterocycles. The number of hydrogen-bond acceptors (Lipinski definition) is 4. The number of hydrogen-bond donors (Lipinski definition) is 2. The SMILES string of the molecule is NCC(O)(c1cc2c(c(-c3ccc(F)cc3)n1)OCC2(CF)CF)C(F)F. The van der Waals surface area contributed by atoms with Gasteiger partial charge < -0.3 is 15.6 Å². The summed E-state index contributed by atoms with van der Waals surface area (Å²) in [6.45, 7) is -3.50. The van der Waals surface area contributed by atoms with Gasteiger partial charge in [0.05, 0.1) is 11.1 Å². The quantitative estimate of drug-likeness (QED) is 0.747. The summed E-state index contributed by atoms with van der Waals surface area (Å²) in [5.74, 6) is -0.533. The lowest BCUT2D eigenvalue weighted by atomic mass is 9.83. The summed E-state index contributed by atoms with van der Waals surface area (Å²) < 4.78 is 72.9. The zero-order chi connectivity index (χ0) is 19.8. The van der Waals surface area contributed by atoms with E-state index in [-0.39, 0.29) is 29.2 Å². The molecular formula is C18H17F5N2O2. The lowest BCUT2D eigenvalue weighted by Crippen LogP contribution is -2.43. The van der Waals surface area contributed by atoms with Crippen LogP contribution in [0.3, 0.4) is 0 Å². The Morgan fingerprint density at radius 1 is 1.22 bits per heavy atom. The molecule has 2 aromatic rings. The minimum atomic E-state index is -3.29. The Bertz CT molecular complexity index is 827. The molecular weight excluding hydrogens is 371 g/mol. The van der Waals surface area contributed by atoms with Gasteiger partial charge in [0, 0.05) is 17.7 Å². The number of pyridine rings is 1. The van der Waals surface area contributed by atoms with Gasteiger partial charge in [-0.2, -0.15) is 0 Å². The second kappa shape index (κ2) is 7.05. The Labute approximate surface area is 151 Å². The van der Waals surface area contributed by atoms with Crippen molar-refractivity contribution in [1.29, 1.82) is 0 Å². The van der Waals surface area contributed by atoms with Crippen LogP contribution in [0.15, 0.2) is 30.3 Å². The summed E-state index contributed by atoms with van der Waals surface area (Å²) in [4.78, 5) is 4.04. The molecule has 0 fully saturated rings. The maximum absolute atomic E-state index is 13.7. The van der Waals surface area contributed by atoms with E-state index in [1.165, 1.54) is 12.1 Å². The molecule has 1 aromatic carbocycles. The highest BCUT2D eigenvalue weighted by molar-refractivity contribution is 5.71. The van der Waals surface area contributed by atoms with Crippen LogP contribution in [0.4, 0.5) is 22.0 Å². The van der Waals surface area contributed by atoms with E-state index in [9.17, 15) is 27.1 Å². The summed E-state index contributed by atoms with van der Waals surface area (Å²) in [6, 6.07) is 5.88. The number of rotatable bonds is 6. The van der Waals surface area contributed by atoms with E-state index in [1.54, 1.807) is 0 Å². The van der Waals surface area contributed by atoms with Crippen LogP contribution in [0.5, 0.6) is 5.75 Å². The molecule has 27 heavy (non-hydrogen) atoms. The Kier molecular flexibility index (Phi) is 5.09. The molecule has 1 aliphatic rings. The van der Waals surface area contributed by atoms with Crippen LogP contribution in [0.2, 0.25) is 0 Å². The molecule has 146 valence electrons. The monoisotopic (exact) mass is 388 g/mol. The minimum absolute atomic E-state index is 0.00861. The van der Waals surface area contributed by atoms with Gasteiger partial charge in [0.1, 0.15) is 37.2 Å². The summed E-state index contributed by atoms with van der Waals surface area (Å²) in [7, 11) is 0. The lowest BCUT2D eigenvalue weighted by Gasteiger charge is -2.27. The zero-order valence-corrected chi connectivity index (χ0v) is 14.1. The molecule has 0 spiro atoms. The van der Waals surface area contributed by atoms with Crippen molar-refractivity contribution in [1.82, 2.24) is 4.98 Å². The van der Waals surface area contributed by atoms with Crippen molar-refractivity contribution in [2.45, 2.75) is 17.4 Å². The van der Waals surface area contributed by atoms with E-state index in [1.807, 2.05) is 0 Å². The van der Waals surface area contributed by atoms with E-state index in [4.69, 9.17) is 10.5 Å². The average Bonchev–Trinajstić information content (AvgIpc) is 3.06. The number of halogens is 5. The third-order valence-corrected chi connectivity index (χ3v) is 4.78. The molecule has 3 N–H and O–H groups in total. The fraction of sp³-hybridized carbons (Fsp3) is 0.389. The van der Waals surface area contributed by atoms with Crippen molar-refractivity contribution >= 4 is 0 Å². The second-order valence-corrected chi connectivity index (χ2v) is 6.51. The van der Waals surface area contributed by atoms with Gasteiger partial charge in [-0.25, -0.2) is 26.9 Å². The Morgan fingerprint density at radius 2 is 1.85 bits per heavy atom. The number of benzene rings is 1. The number of ether oxygens (including phenoxy) is 1. The van der Waals surface area contributed by atoms with Crippen LogP contribution in [-0.2, 0) is 11.0 Å². The van der Waals surface area contributed by atoms with E-state index >= 15 is 0 Å². The van der Waals surface area contributed by atoms with Crippen molar-refractivity contribution in [3.8, 4) is 17.0 Å².